The average molecular weight is 588 g/mol. The molecule has 41 heavy (non-hydrogen) atoms. The van der Waals surface area contributed by atoms with Gasteiger partial charge in [0.05, 0.1) is 24.3 Å². The van der Waals surface area contributed by atoms with Crippen molar-refractivity contribution in [3.63, 3.8) is 0 Å². The van der Waals surface area contributed by atoms with Crippen LogP contribution in [0.3, 0.4) is 0 Å². The Morgan fingerprint density at radius 1 is 0.951 bits per heavy atom. The fourth-order valence-electron chi connectivity index (χ4n) is 5.57. The van der Waals surface area contributed by atoms with Gasteiger partial charge < -0.3 is 9.47 Å². The van der Waals surface area contributed by atoms with E-state index in [-0.39, 0.29) is 24.1 Å². The quantitative estimate of drug-likeness (QED) is 0.316. The van der Waals surface area contributed by atoms with Crippen LogP contribution < -0.4 is 4.74 Å². The number of carbonyl (C=O) groups is 1. The molecule has 2 aliphatic rings. The van der Waals surface area contributed by atoms with Crippen molar-refractivity contribution in [3.8, 4) is 5.75 Å². The minimum absolute atomic E-state index is 0.0484. The van der Waals surface area contributed by atoms with Gasteiger partial charge in [-0.05, 0) is 85.1 Å². The zero-order chi connectivity index (χ0) is 30.3. The SMILES string of the molecule is COc1cc(F)c(C(C)C)cc1C1=C(CN2C(=O)OC(c3cc(C(F)(F)F)cc(C(F)(F)F)c3)C2C)CCCCC1. The molecule has 0 radical (unpaired) electrons. The van der Waals surface area contributed by atoms with Crippen LogP contribution in [0.15, 0.2) is 35.9 Å². The van der Waals surface area contributed by atoms with Gasteiger partial charge in [-0.25, -0.2) is 9.18 Å². The third-order valence-electron chi connectivity index (χ3n) is 7.79. The first kappa shape index (κ1) is 30.7. The van der Waals surface area contributed by atoms with Crippen LogP contribution in [-0.4, -0.2) is 30.7 Å². The minimum Gasteiger partial charge on any atom is -0.496 e. The Labute approximate surface area is 234 Å². The molecule has 2 aromatic rings. The average Bonchev–Trinajstić information content (AvgIpc) is 3.03. The second kappa shape index (κ2) is 11.6. The van der Waals surface area contributed by atoms with Gasteiger partial charge >= 0.3 is 18.4 Å². The van der Waals surface area contributed by atoms with Crippen LogP contribution in [0.25, 0.3) is 5.57 Å². The van der Waals surface area contributed by atoms with E-state index in [9.17, 15) is 35.5 Å². The first-order valence-electron chi connectivity index (χ1n) is 13.5. The third-order valence-corrected chi connectivity index (χ3v) is 7.79. The monoisotopic (exact) mass is 587 g/mol. The van der Waals surface area contributed by atoms with Crippen LogP contribution >= 0.6 is 0 Å². The lowest BCUT2D eigenvalue weighted by Crippen LogP contribution is -2.34. The molecule has 1 heterocycles. The Bertz CT molecular complexity index is 1300. The van der Waals surface area contributed by atoms with Crippen LogP contribution in [0, 0.1) is 5.82 Å². The molecule has 0 spiro atoms. The molecule has 4 nitrogen and oxygen atoms in total. The van der Waals surface area contributed by atoms with Crippen molar-refractivity contribution in [1.29, 1.82) is 0 Å². The molecule has 1 saturated heterocycles. The zero-order valence-corrected chi connectivity index (χ0v) is 23.2. The van der Waals surface area contributed by atoms with E-state index < -0.39 is 47.5 Å². The summed E-state index contributed by atoms with van der Waals surface area (Å²) in [6, 6.07) is 3.49. The van der Waals surface area contributed by atoms with Gasteiger partial charge in [0.1, 0.15) is 17.7 Å². The number of alkyl halides is 6. The maximum absolute atomic E-state index is 14.7. The van der Waals surface area contributed by atoms with Crippen LogP contribution in [0.1, 0.15) is 92.7 Å². The molecular weight excluding hydrogens is 555 g/mol. The van der Waals surface area contributed by atoms with E-state index >= 15 is 0 Å². The first-order chi connectivity index (χ1) is 19.1. The Morgan fingerprint density at radius 2 is 1.56 bits per heavy atom. The number of halogens is 7. The predicted molar refractivity (Wildman–Crippen MR) is 139 cm³/mol. The summed E-state index contributed by atoms with van der Waals surface area (Å²) in [5.74, 6) is -0.145. The first-order valence-corrected chi connectivity index (χ1v) is 13.5. The summed E-state index contributed by atoms with van der Waals surface area (Å²) < 4.78 is 106. The van der Waals surface area contributed by atoms with E-state index in [0.717, 1.165) is 30.4 Å². The van der Waals surface area contributed by atoms with Gasteiger partial charge in [-0.2, -0.15) is 26.3 Å². The second-order valence-electron chi connectivity index (χ2n) is 10.9. The molecule has 2 unspecified atom stereocenters. The molecule has 0 aromatic heterocycles. The highest BCUT2D eigenvalue weighted by Crippen LogP contribution is 2.43. The van der Waals surface area contributed by atoms with Crippen molar-refractivity contribution in [2.24, 2.45) is 0 Å². The van der Waals surface area contributed by atoms with Crippen molar-refractivity contribution in [2.75, 3.05) is 13.7 Å². The smallest absolute Gasteiger partial charge is 0.416 e. The molecule has 0 N–H and O–H groups in total. The molecule has 1 aliphatic heterocycles. The van der Waals surface area contributed by atoms with Crippen LogP contribution in [0.4, 0.5) is 35.5 Å². The number of hydrogen-bond acceptors (Lipinski definition) is 3. The molecule has 2 atom stereocenters. The van der Waals surface area contributed by atoms with Gasteiger partial charge in [0.2, 0.25) is 0 Å². The molecule has 4 rings (SSSR count). The molecule has 1 aliphatic carbocycles. The molecule has 224 valence electrons. The summed E-state index contributed by atoms with van der Waals surface area (Å²) >= 11 is 0. The Morgan fingerprint density at radius 3 is 2.12 bits per heavy atom. The number of amides is 1. The number of cyclic esters (lactones) is 1. The Kier molecular flexibility index (Phi) is 8.66. The van der Waals surface area contributed by atoms with E-state index in [4.69, 9.17) is 9.47 Å². The van der Waals surface area contributed by atoms with E-state index in [0.29, 0.717) is 41.9 Å². The number of benzene rings is 2. The standard InChI is InChI=1S/C30H32F7NO3/c1-16(2)23-13-24(26(40-4)14-25(23)31)22-9-7-5-6-8-18(22)15-38-17(3)27(41-28(38)39)19-10-20(29(32,33)34)12-21(11-19)30(35,36)37/h10-14,16-17,27H,5-9,15H2,1-4H3. The number of rotatable bonds is 6. The molecule has 2 aromatic carbocycles. The van der Waals surface area contributed by atoms with Crippen LogP contribution in [0.2, 0.25) is 0 Å². The second-order valence-corrected chi connectivity index (χ2v) is 10.9. The summed E-state index contributed by atoms with van der Waals surface area (Å²) in [6.45, 7) is 5.35. The lowest BCUT2D eigenvalue weighted by Gasteiger charge is -2.25. The number of allylic oxidation sites excluding steroid dienone is 1. The lowest BCUT2D eigenvalue weighted by molar-refractivity contribution is -0.143. The third kappa shape index (κ3) is 6.48. The van der Waals surface area contributed by atoms with Crippen molar-refractivity contribution >= 4 is 11.7 Å². The summed E-state index contributed by atoms with van der Waals surface area (Å²) in [7, 11) is 1.44. The predicted octanol–water partition coefficient (Wildman–Crippen LogP) is 9.29. The number of nitrogens with zero attached hydrogens (tertiary/aromatic N) is 1. The van der Waals surface area contributed by atoms with Crippen molar-refractivity contribution < 1.29 is 45.0 Å². The highest BCUT2D eigenvalue weighted by atomic mass is 19.4. The molecule has 1 amide bonds. The summed E-state index contributed by atoms with van der Waals surface area (Å²) in [5.41, 5.74) is -0.346. The van der Waals surface area contributed by atoms with Crippen molar-refractivity contribution in [1.82, 2.24) is 4.90 Å². The van der Waals surface area contributed by atoms with E-state index in [1.165, 1.54) is 25.0 Å². The topological polar surface area (TPSA) is 38.8 Å². The van der Waals surface area contributed by atoms with Gasteiger partial charge in [0.25, 0.3) is 0 Å². The number of carbonyl (C=O) groups excluding carboxylic acids is 1. The van der Waals surface area contributed by atoms with Crippen molar-refractivity contribution in [2.45, 2.75) is 83.3 Å². The number of ether oxygens (including phenoxy) is 2. The van der Waals surface area contributed by atoms with Crippen LogP contribution in [-0.2, 0) is 17.1 Å². The minimum atomic E-state index is -5.02. The van der Waals surface area contributed by atoms with Gasteiger partial charge in [-0.15, -0.1) is 0 Å². The highest BCUT2D eigenvalue weighted by molar-refractivity contribution is 5.76. The molecular formula is C30H32F7NO3. The summed E-state index contributed by atoms with van der Waals surface area (Å²) in [5, 5.41) is 0. The van der Waals surface area contributed by atoms with Gasteiger partial charge in [0.15, 0.2) is 0 Å². The van der Waals surface area contributed by atoms with E-state index in [1.807, 2.05) is 13.8 Å². The normalized spacial score (nSPS) is 20.5. The largest absolute Gasteiger partial charge is 0.496 e. The molecule has 0 bridgehead atoms. The van der Waals surface area contributed by atoms with E-state index in [1.54, 1.807) is 6.07 Å². The fourth-order valence-corrected chi connectivity index (χ4v) is 5.57. The molecule has 11 heteroatoms. The lowest BCUT2D eigenvalue weighted by atomic mass is 9.90. The number of hydrogen-bond donors (Lipinski definition) is 0. The fraction of sp³-hybridized carbons (Fsp3) is 0.500. The number of methoxy groups -OCH3 is 1. The summed E-state index contributed by atoms with van der Waals surface area (Å²) in [4.78, 5) is 14.3. The van der Waals surface area contributed by atoms with Crippen LogP contribution in [0.5, 0.6) is 5.75 Å². The van der Waals surface area contributed by atoms with Gasteiger partial charge in [0, 0.05) is 18.2 Å². The summed E-state index contributed by atoms with van der Waals surface area (Å²) in [6.07, 6.45) is -8.39. The van der Waals surface area contributed by atoms with E-state index in [2.05, 4.69) is 0 Å². The zero-order valence-electron chi connectivity index (χ0n) is 23.2. The maximum Gasteiger partial charge on any atom is 0.416 e. The molecule has 0 saturated carbocycles. The van der Waals surface area contributed by atoms with Gasteiger partial charge in [-0.1, -0.05) is 20.3 Å². The Hall–Kier alpha value is -3.24. The molecule has 1 fully saturated rings. The maximum atomic E-state index is 14.7. The van der Waals surface area contributed by atoms with Gasteiger partial charge in [-0.3, -0.25) is 4.90 Å². The highest BCUT2D eigenvalue weighted by Gasteiger charge is 2.43. The van der Waals surface area contributed by atoms with Crippen molar-refractivity contribution in [3.05, 3.63) is 69.5 Å². The Balaban J connectivity index is 1.74.